The fraction of sp³-hybridized carbons (Fsp3) is 1.00. The lowest BCUT2D eigenvalue weighted by atomic mass is 9.88. The first-order chi connectivity index (χ1) is 6.26. The van der Waals surface area contributed by atoms with Crippen LogP contribution >= 0.6 is 22.2 Å². The number of rotatable bonds is 3. The van der Waals surface area contributed by atoms with E-state index in [2.05, 4.69) is 20.8 Å². The van der Waals surface area contributed by atoms with E-state index in [1.807, 2.05) is 6.92 Å². The van der Waals surface area contributed by atoms with Crippen LogP contribution in [0.3, 0.4) is 0 Å². The fourth-order valence-corrected chi connectivity index (χ4v) is 6.69. The first-order valence-electron chi connectivity index (χ1n) is 5.26. The molecule has 2 unspecified atom stereocenters. The van der Waals surface area contributed by atoms with Gasteiger partial charge in [0.25, 0.3) is 6.69 Å². The Hall–Kier alpha value is 0.757. The van der Waals surface area contributed by atoms with Crippen LogP contribution in [0.4, 0.5) is 0 Å². The molecule has 0 aromatic rings. The summed E-state index contributed by atoms with van der Waals surface area (Å²) in [5.41, 5.74) is 0.716. The van der Waals surface area contributed by atoms with E-state index in [1.54, 1.807) is 0 Å². The van der Waals surface area contributed by atoms with Gasteiger partial charge < -0.3 is 4.74 Å². The molecule has 0 aromatic heterocycles. The minimum absolute atomic E-state index is 0.294. The first kappa shape index (κ1) is 12.8. The molecule has 1 aliphatic heterocycles. The number of hydrogen-bond acceptors (Lipinski definition) is 1. The van der Waals surface area contributed by atoms with Crippen molar-refractivity contribution in [3.8, 4) is 0 Å². The maximum absolute atomic E-state index is 6.33. The molecule has 0 bridgehead atoms. The third-order valence-corrected chi connectivity index (χ3v) is 7.89. The zero-order valence-electron chi connectivity index (χ0n) is 9.44. The van der Waals surface area contributed by atoms with Gasteiger partial charge in [-0.1, -0.05) is 20.8 Å². The molecule has 0 aromatic carbocycles. The van der Waals surface area contributed by atoms with Crippen LogP contribution in [0.5, 0.6) is 0 Å². The van der Waals surface area contributed by atoms with Crippen LogP contribution in [-0.2, 0) is 4.74 Å². The monoisotopic (exact) mass is 254 g/mol. The van der Waals surface area contributed by atoms with E-state index < -0.39 is 6.69 Å². The molecule has 1 rings (SSSR count). The molecule has 0 aliphatic carbocycles. The summed E-state index contributed by atoms with van der Waals surface area (Å²) in [7, 11) is 0. The maximum atomic E-state index is 6.33. The van der Waals surface area contributed by atoms with Gasteiger partial charge in [0.1, 0.15) is 0 Å². The average molecular weight is 255 g/mol. The zero-order chi connectivity index (χ0) is 11.0. The molecule has 2 atom stereocenters. The van der Waals surface area contributed by atoms with E-state index in [0.717, 1.165) is 19.1 Å². The molecule has 1 fully saturated rings. The van der Waals surface area contributed by atoms with E-state index in [9.17, 15) is 0 Å². The summed E-state index contributed by atoms with van der Waals surface area (Å²) in [6.07, 6.45) is 1.40. The van der Waals surface area contributed by atoms with Crippen molar-refractivity contribution in [1.82, 2.24) is 0 Å². The molecule has 0 radical (unpaired) electrons. The van der Waals surface area contributed by atoms with E-state index in [0.29, 0.717) is 17.1 Å². The molecule has 14 heavy (non-hydrogen) atoms. The van der Waals surface area contributed by atoms with Crippen LogP contribution in [0.15, 0.2) is 0 Å². The Morgan fingerprint density at radius 2 is 1.93 bits per heavy atom. The summed E-state index contributed by atoms with van der Waals surface area (Å²) in [6.45, 7) is 7.51. The average Bonchev–Trinajstić information content (AvgIpc) is 1.99. The van der Waals surface area contributed by atoms with Crippen molar-refractivity contribution in [1.29, 1.82) is 0 Å². The molecule has 0 spiro atoms. The van der Waals surface area contributed by atoms with Crippen LogP contribution in [0.1, 0.15) is 34.1 Å². The van der Waals surface area contributed by atoms with Crippen LogP contribution in [0, 0.1) is 5.41 Å². The largest absolute Gasteiger partial charge is 0.379 e. The Kier molecular flexibility index (Phi) is 3.96. The third kappa shape index (κ3) is 3.12. The normalized spacial score (nSPS) is 31.3. The van der Waals surface area contributed by atoms with Crippen molar-refractivity contribution in [3.63, 3.8) is 0 Å². The Bertz CT molecular complexity index is 201. The fourth-order valence-electron chi connectivity index (χ4n) is 2.00. The molecule has 1 heterocycles. The highest BCUT2D eigenvalue weighted by atomic mass is 35.7. The van der Waals surface area contributed by atoms with Crippen LogP contribution < -0.4 is 0 Å². The minimum atomic E-state index is -1.97. The lowest BCUT2D eigenvalue weighted by Crippen LogP contribution is -2.51. The second-order valence-corrected chi connectivity index (χ2v) is 12.6. The molecule has 84 valence electrons. The predicted molar refractivity (Wildman–Crippen MR) is 65.5 cm³/mol. The van der Waals surface area contributed by atoms with Crippen LogP contribution in [0.2, 0.25) is 11.6 Å². The van der Waals surface area contributed by atoms with Crippen LogP contribution in [0.25, 0.3) is 0 Å². The van der Waals surface area contributed by atoms with Gasteiger partial charge in [-0.3, -0.25) is 0 Å². The Labute approximate surface area is 97.5 Å². The molecule has 0 N–H and O–H groups in total. The Morgan fingerprint density at radius 3 is 2.29 bits per heavy atom. The quantitative estimate of drug-likeness (QED) is 0.544. The van der Waals surface area contributed by atoms with Gasteiger partial charge in [-0.2, -0.15) is 0 Å². The molecule has 1 saturated heterocycles. The smallest absolute Gasteiger partial charge is 0.259 e. The lowest BCUT2D eigenvalue weighted by molar-refractivity contribution is 0.0446. The molecular weight excluding hydrogens is 235 g/mol. The highest BCUT2D eigenvalue weighted by Gasteiger charge is 2.56. The van der Waals surface area contributed by atoms with Gasteiger partial charge in [-0.05, 0) is 24.8 Å². The maximum Gasteiger partial charge on any atom is 0.259 e. The summed E-state index contributed by atoms with van der Waals surface area (Å²) in [4.78, 5) is 0. The van der Waals surface area contributed by atoms with Gasteiger partial charge in [0, 0.05) is 12.1 Å². The number of halogens is 2. The summed E-state index contributed by atoms with van der Waals surface area (Å²) < 4.78 is 5.64. The third-order valence-electron chi connectivity index (χ3n) is 2.68. The van der Waals surface area contributed by atoms with Gasteiger partial charge in [0.15, 0.2) is 0 Å². The van der Waals surface area contributed by atoms with Crippen molar-refractivity contribution in [2.45, 2.75) is 51.8 Å². The van der Waals surface area contributed by atoms with Crippen LogP contribution in [-0.4, -0.2) is 19.4 Å². The van der Waals surface area contributed by atoms with E-state index in [4.69, 9.17) is 26.9 Å². The zero-order valence-corrected chi connectivity index (χ0v) is 12.0. The van der Waals surface area contributed by atoms with Crippen molar-refractivity contribution in [2.24, 2.45) is 5.41 Å². The Balaban J connectivity index is 2.53. The summed E-state index contributed by atoms with van der Waals surface area (Å²) in [6, 6.07) is 0.907. The molecule has 0 amide bonds. The van der Waals surface area contributed by atoms with Gasteiger partial charge in [0.05, 0.1) is 6.10 Å². The van der Waals surface area contributed by atoms with Crippen molar-refractivity contribution in [2.75, 3.05) is 6.61 Å². The van der Waals surface area contributed by atoms with E-state index in [-0.39, 0.29) is 0 Å². The van der Waals surface area contributed by atoms with Gasteiger partial charge in [0.2, 0.25) is 0 Å². The Morgan fingerprint density at radius 1 is 1.36 bits per heavy atom. The molecule has 1 nitrogen and oxygen atoms in total. The topological polar surface area (TPSA) is 9.23 Å². The SMILES string of the molecule is CCOC1C[Si](Cl)(Cl)C1CC(C)(C)C. The lowest BCUT2D eigenvalue weighted by Gasteiger charge is -2.47. The van der Waals surface area contributed by atoms with Crippen molar-refractivity contribution in [3.05, 3.63) is 0 Å². The van der Waals surface area contributed by atoms with Gasteiger partial charge in [-0.25, -0.2) is 0 Å². The second-order valence-electron chi connectivity index (χ2n) is 5.33. The van der Waals surface area contributed by atoms with E-state index >= 15 is 0 Å². The molecule has 0 saturated carbocycles. The summed E-state index contributed by atoms with van der Waals surface area (Å²) >= 11 is 12.7. The second kappa shape index (κ2) is 4.32. The summed E-state index contributed by atoms with van der Waals surface area (Å²) in [5, 5.41) is 0. The number of hydrogen-bond donors (Lipinski definition) is 0. The van der Waals surface area contributed by atoms with Crippen molar-refractivity contribution >= 4 is 28.9 Å². The van der Waals surface area contributed by atoms with Gasteiger partial charge >= 0.3 is 0 Å². The highest BCUT2D eigenvalue weighted by Crippen LogP contribution is 2.54. The predicted octanol–water partition coefficient (Wildman–Crippen LogP) is 4.13. The molecule has 4 heteroatoms. The standard InChI is InChI=1S/C10H20Cl2OSi/c1-5-13-8-7-14(11,12)9(8)6-10(2,3)4/h8-9H,5-7H2,1-4H3. The highest BCUT2D eigenvalue weighted by molar-refractivity contribution is 7.47. The number of ether oxygens (including phenoxy) is 1. The molecular formula is C10H20Cl2OSi. The van der Waals surface area contributed by atoms with E-state index in [1.165, 1.54) is 0 Å². The summed E-state index contributed by atoms with van der Waals surface area (Å²) in [5.74, 6) is 0. The minimum Gasteiger partial charge on any atom is -0.379 e. The van der Waals surface area contributed by atoms with Gasteiger partial charge in [-0.15, -0.1) is 22.2 Å². The van der Waals surface area contributed by atoms with Crippen molar-refractivity contribution < 1.29 is 4.74 Å². The first-order valence-corrected chi connectivity index (χ1v) is 9.56. The molecule has 1 aliphatic rings.